The molecule has 1 aromatic carbocycles. The van der Waals surface area contributed by atoms with Crippen LogP contribution in [0.5, 0.6) is 0 Å². The van der Waals surface area contributed by atoms with Gasteiger partial charge in [-0.05, 0) is 56.3 Å². The standard InChI is InChI=1S/C20H30FN3O3S/c1-28(26)19-5-4-17(15-18(19)21)22-20(25)24-9-6-16(7-10-24)3-2-8-23-11-13-27-14-12-23/h4-5,15-16H,2-3,6-14H2,1H3,(H,22,25). The second-order valence-corrected chi connectivity index (χ2v) is 8.90. The normalized spacial score (nSPS) is 20.1. The number of nitrogens with one attached hydrogen (secondary N) is 1. The molecule has 2 aliphatic rings. The second-order valence-electron chi connectivity index (χ2n) is 7.56. The maximum Gasteiger partial charge on any atom is 0.321 e. The highest BCUT2D eigenvalue weighted by Crippen LogP contribution is 2.23. The van der Waals surface area contributed by atoms with Crippen molar-refractivity contribution in [1.29, 1.82) is 0 Å². The first-order chi connectivity index (χ1) is 13.5. The number of piperidine rings is 1. The summed E-state index contributed by atoms with van der Waals surface area (Å²) >= 11 is 0. The molecule has 2 amide bonds. The van der Waals surface area contributed by atoms with E-state index in [-0.39, 0.29) is 10.9 Å². The number of morpholine rings is 1. The maximum absolute atomic E-state index is 13.9. The SMILES string of the molecule is CS(=O)c1ccc(NC(=O)N2CCC(CCCN3CCOCC3)CC2)cc1F. The summed E-state index contributed by atoms with van der Waals surface area (Å²) in [6.45, 7) is 6.35. The first kappa shape index (κ1) is 21.2. The lowest BCUT2D eigenvalue weighted by atomic mass is 9.92. The maximum atomic E-state index is 13.9. The van der Waals surface area contributed by atoms with Gasteiger partial charge in [0, 0.05) is 38.1 Å². The van der Waals surface area contributed by atoms with Crippen LogP contribution in [-0.4, -0.2) is 72.2 Å². The van der Waals surface area contributed by atoms with E-state index >= 15 is 0 Å². The first-order valence-electron chi connectivity index (χ1n) is 10.0. The summed E-state index contributed by atoms with van der Waals surface area (Å²) in [6.07, 6.45) is 5.86. The molecule has 6 nitrogen and oxygen atoms in total. The van der Waals surface area contributed by atoms with Crippen LogP contribution in [0.25, 0.3) is 0 Å². The molecule has 2 aliphatic heterocycles. The number of anilines is 1. The van der Waals surface area contributed by atoms with Crippen molar-refractivity contribution in [2.24, 2.45) is 5.92 Å². The van der Waals surface area contributed by atoms with Crippen molar-refractivity contribution in [3.05, 3.63) is 24.0 Å². The number of benzene rings is 1. The highest BCUT2D eigenvalue weighted by molar-refractivity contribution is 7.84. The van der Waals surface area contributed by atoms with Gasteiger partial charge in [-0.2, -0.15) is 0 Å². The predicted molar refractivity (Wildman–Crippen MR) is 109 cm³/mol. The van der Waals surface area contributed by atoms with Gasteiger partial charge in [0.1, 0.15) is 5.82 Å². The van der Waals surface area contributed by atoms with Gasteiger partial charge in [0.2, 0.25) is 0 Å². The number of hydrogen-bond acceptors (Lipinski definition) is 4. The molecule has 2 fully saturated rings. The number of carbonyl (C=O) groups excluding carboxylic acids is 1. The molecular weight excluding hydrogens is 381 g/mol. The van der Waals surface area contributed by atoms with E-state index in [1.165, 1.54) is 31.2 Å². The van der Waals surface area contributed by atoms with Gasteiger partial charge in [-0.25, -0.2) is 9.18 Å². The number of ether oxygens (including phenoxy) is 1. The molecule has 1 unspecified atom stereocenters. The molecule has 8 heteroatoms. The van der Waals surface area contributed by atoms with Gasteiger partial charge in [0.25, 0.3) is 0 Å². The smallest absolute Gasteiger partial charge is 0.321 e. The van der Waals surface area contributed by atoms with Crippen LogP contribution in [0.1, 0.15) is 25.7 Å². The van der Waals surface area contributed by atoms with Crippen molar-refractivity contribution >= 4 is 22.5 Å². The first-order valence-corrected chi connectivity index (χ1v) is 11.6. The van der Waals surface area contributed by atoms with Crippen molar-refractivity contribution in [2.45, 2.75) is 30.6 Å². The minimum Gasteiger partial charge on any atom is -0.379 e. The molecule has 0 aromatic heterocycles. The Morgan fingerprint density at radius 2 is 1.96 bits per heavy atom. The number of hydrogen-bond donors (Lipinski definition) is 1. The zero-order valence-corrected chi connectivity index (χ0v) is 17.3. The zero-order valence-electron chi connectivity index (χ0n) is 16.5. The van der Waals surface area contributed by atoms with E-state index < -0.39 is 16.6 Å². The van der Waals surface area contributed by atoms with Crippen molar-refractivity contribution in [3.63, 3.8) is 0 Å². The van der Waals surface area contributed by atoms with Crippen LogP contribution < -0.4 is 5.32 Å². The number of likely N-dealkylation sites (tertiary alicyclic amines) is 1. The number of urea groups is 1. The molecule has 1 aromatic rings. The monoisotopic (exact) mass is 411 g/mol. The Labute approximate surface area is 168 Å². The van der Waals surface area contributed by atoms with Crippen LogP contribution in [0.2, 0.25) is 0 Å². The number of carbonyl (C=O) groups is 1. The fraction of sp³-hybridized carbons (Fsp3) is 0.650. The van der Waals surface area contributed by atoms with E-state index in [1.807, 2.05) is 0 Å². The third kappa shape index (κ3) is 5.99. The fourth-order valence-corrected chi connectivity index (χ4v) is 4.46. The Kier molecular flexibility index (Phi) is 7.82. The van der Waals surface area contributed by atoms with Crippen LogP contribution in [0, 0.1) is 11.7 Å². The minimum atomic E-state index is -1.38. The van der Waals surface area contributed by atoms with E-state index in [0.29, 0.717) is 11.6 Å². The summed E-state index contributed by atoms with van der Waals surface area (Å²) in [5.41, 5.74) is 0.393. The van der Waals surface area contributed by atoms with Gasteiger partial charge in [-0.1, -0.05) is 0 Å². The molecule has 0 aliphatic carbocycles. The van der Waals surface area contributed by atoms with Crippen LogP contribution in [0.4, 0.5) is 14.9 Å². The molecule has 2 heterocycles. The van der Waals surface area contributed by atoms with E-state index in [9.17, 15) is 13.4 Å². The van der Waals surface area contributed by atoms with Crippen LogP contribution in [0.15, 0.2) is 23.1 Å². The van der Waals surface area contributed by atoms with Crippen molar-refractivity contribution < 1.29 is 18.1 Å². The fourth-order valence-electron chi connectivity index (χ4n) is 3.87. The predicted octanol–water partition coefficient (Wildman–Crippen LogP) is 2.92. The molecule has 0 saturated carbocycles. The van der Waals surface area contributed by atoms with Gasteiger partial charge in [-0.15, -0.1) is 0 Å². The van der Waals surface area contributed by atoms with Crippen molar-refractivity contribution in [3.8, 4) is 0 Å². The van der Waals surface area contributed by atoms with Gasteiger partial charge < -0.3 is 15.0 Å². The zero-order chi connectivity index (χ0) is 19.9. The van der Waals surface area contributed by atoms with Gasteiger partial charge in [0.05, 0.1) is 28.9 Å². The molecule has 0 bridgehead atoms. The Bertz CT molecular complexity index is 689. The molecule has 156 valence electrons. The number of halogens is 1. The summed E-state index contributed by atoms with van der Waals surface area (Å²) in [5, 5.41) is 2.75. The second kappa shape index (κ2) is 10.3. The summed E-state index contributed by atoms with van der Waals surface area (Å²) in [4.78, 5) is 16.8. The minimum absolute atomic E-state index is 0.149. The summed E-state index contributed by atoms with van der Waals surface area (Å²) in [7, 11) is -1.38. The lowest BCUT2D eigenvalue weighted by Gasteiger charge is -2.33. The largest absolute Gasteiger partial charge is 0.379 e. The third-order valence-electron chi connectivity index (χ3n) is 5.59. The molecule has 2 saturated heterocycles. The number of amides is 2. The summed E-state index contributed by atoms with van der Waals surface area (Å²) < 4.78 is 30.7. The van der Waals surface area contributed by atoms with Gasteiger partial charge in [-0.3, -0.25) is 9.11 Å². The van der Waals surface area contributed by atoms with E-state index in [1.54, 1.807) is 11.0 Å². The molecule has 3 rings (SSSR count). The number of nitrogens with zero attached hydrogens (tertiary/aromatic N) is 2. The van der Waals surface area contributed by atoms with E-state index in [4.69, 9.17) is 4.74 Å². The van der Waals surface area contributed by atoms with E-state index in [0.717, 1.165) is 58.8 Å². The molecule has 1 atom stereocenters. The summed E-state index contributed by atoms with van der Waals surface area (Å²) in [5.74, 6) is 0.110. The number of rotatable bonds is 6. The highest BCUT2D eigenvalue weighted by atomic mass is 32.2. The summed E-state index contributed by atoms with van der Waals surface area (Å²) in [6, 6.07) is 4.08. The molecule has 28 heavy (non-hydrogen) atoms. The Balaban J connectivity index is 1.38. The van der Waals surface area contributed by atoms with Crippen molar-refractivity contribution in [1.82, 2.24) is 9.80 Å². The van der Waals surface area contributed by atoms with E-state index in [2.05, 4.69) is 10.2 Å². The lowest BCUT2D eigenvalue weighted by molar-refractivity contribution is 0.0363. The van der Waals surface area contributed by atoms with Crippen LogP contribution in [-0.2, 0) is 15.5 Å². The van der Waals surface area contributed by atoms with Crippen LogP contribution >= 0.6 is 0 Å². The Morgan fingerprint density at radius 1 is 1.25 bits per heavy atom. The van der Waals surface area contributed by atoms with Gasteiger partial charge >= 0.3 is 6.03 Å². The average molecular weight is 412 g/mol. The van der Waals surface area contributed by atoms with Gasteiger partial charge in [0.15, 0.2) is 0 Å². The molecule has 0 radical (unpaired) electrons. The third-order valence-corrected chi connectivity index (χ3v) is 6.54. The Morgan fingerprint density at radius 3 is 2.61 bits per heavy atom. The lowest BCUT2D eigenvalue weighted by Crippen LogP contribution is -2.41. The Hall–Kier alpha value is -1.51. The van der Waals surface area contributed by atoms with Crippen molar-refractivity contribution in [2.75, 3.05) is 57.5 Å². The molecular formula is C20H30FN3O3S. The quantitative estimate of drug-likeness (QED) is 0.782. The molecule has 0 spiro atoms. The topological polar surface area (TPSA) is 61.9 Å². The average Bonchev–Trinajstić information content (AvgIpc) is 2.69. The highest BCUT2D eigenvalue weighted by Gasteiger charge is 2.23. The van der Waals surface area contributed by atoms with Crippen LogP contribution in [0.3, 0.4) is 0 Å². The molecule has 1 N–H and O–H groups in total.